The van der Waals surface area contributed by atoms with Gasteiger partial charge in [-0.2, -0.15) is 0 Å². The molecule has 0 fully saturated rings. The monoisotopic (exact) mass is 206 g/mol. The van der Waals surface area contributed by atoms with Gasteiger partial charge in [0.2, 0.25) is 5.90 Å². The Morgan fingerprint density at radius 1 is 1.53 bits per heavy atom. The molecule has 1 aromatic heterocycles. The van der Waals surface area contributed by atoms with Crippen LogP contribution in [0.3, 0.4) is 0 Å². The van der Waals surface area contributed by atoms with Gasteiger partial charge >= 0.3 is 0 Å². The second-order valence-corrected chi connectivity index (χ2v) is 3.53. The first-order valence-electron chi connectivity index (χ1n) is 5.07. The van der Waals surface area contributed by atoms with Crippen LogP contribution in [0.15, 0.2) is 23.6 Å². The molecule has 0 spiro atoms. The van der Waals surface area contributed by atoms with Crippen LogP contribution in [0.25, 0.3) is 0 Å². The van der Waals surface area contributed by atoms with E-state index in [2.05, 4.69) is 34.3 Å². The summed E-state index contributed by atoms with van der Waals surface area (Å²) in [5.41, 5.74) is 3.61. The standard InChI is InChI=1S/C10H14N4O/c1-3-7(2)10-13-9(14-15-10)8-6-11-4-5-12-8/h4-7,9,14H,3H2,1-2H3. The van der Waals surface area contributed by atoms with Gasteiger partial charge in [0.25, 0.3) is 0 Å². The number of hydrogen-bond donors (Lipinski definition) is 1. The Morgan fingerprint density at radius 2 is 2.40 bits per heavy atom. The minimum absolute atomic E-state index is 0.220. The van der Waals surface area contributed by atoms with Crippen LogP contribution in [-0.4, -0.2) is 15.9 Å². The van der Waals surface area contributed by atoms with Crippen LogP contribution < -0.4 is 5.48 Å². The second-order valence-electron chi connectivity index (χ2n) is 3.53. The van der Waals surface area contributed by atoms with Crippen LogP contribution in [0.1, 0.15) is 32.1 Å². The Hall–Kier alpha value is -1.49. The van der Waals surface area contributed by atoms with Gasteiger partial charge in [-0.15, -0.1) is 5.48 Å². The quantitative estimate of drug-likeness (QED) is 0.813. The maximum atomic E-state index is 5.30. The van der Waals surface area contributed by atoms with E-state index in [1.165, 1.54) is 0 Å². The molecule has 0 saturated heterocycles. The number of nitrogens with zero attached hydrogens (tertiary/aromatic N) is 3. The lowest BCUT2D eigenvalue weighted by molar-refractivity contribution is 0.167. The van der Waals surface area contributed by atoms with Crippen molar-refractivity contribution in [2.75, 3.05) is 0 Å². The normalized spacial score (nSPS) is 22.0. The highest BCUT2D eigenvalue weighted by molar-refractivity contribution is 5.79. The first-order valence-corrected chi connectivity index (χ1v) is 5.07. The van der Waals surface area contributed by atoms with Crippen molar-refractivity contribution in [3.63, 3.8) is 0 Å². The topological polar surface area (TPSA) is 59.4 Å². The highest BCUT2D eigenvalue weighted by atomic mass is 16.7. The summed E-state index contributed by atoms with van der Waals surface area (Å²) in [4.78, 5) is 17.9. The van der Waals surface area contributed by atoms with Gasteiger partial charge in [-0.25, -0.2) is 4.99 Å². The zero-order chi connectivity index (χ0) is 10.7. The van der Waals surface area contributed by atoms with Gasteiger partial charge in [0.1, 0.15) is 5.69 Å². The van der Waals surface area contributed by atoms with Crippen LogP contribution in [-0.2, 0) is 4.84 Å². The zero-order valence-corrected chi connectivity index (χ0v) is 8.84. The molecule has 1 aliphatic rings. The van der Waals surface area contributed by atoms with Gasteiger partial charge < -0.3 is 4.84 Å². The third kappa shape index (κ3) is 2.12. The molecule has 1 aliphatic heterocycles. The van der Waals surface area contributed by atoms with E-state index < -0.39 is 0 Å². The number of aromatic nitrogens is 2. The van der Waals surface area contributed by atoms with E-state index in [9.17, 15) is 0 Å². The van der Waals surface area contributed by atoms with Crippen LogP contribution in [0.5, 0.6) is 0 Å². The van der Waals surface area contributed by atoms with Crippen molar-refractivity contribution in [1.29, 1.82) is 0 Å². The van der Waals surface area contributed by atoms with Crippen LogP contribution >= 0.6 is 0 Å². The molecule has 2 unspecified atom stereocenters. The molecule has 2 heterocycles. The molecule has 0 aliphatic carbocycles. The smallest absolute Gasteiger partial charge is 0.214 e. The minimum Gasteiger partial charge on any atom is -0.391 e. The number of hydroxylamine groups is 1. The van der Waals surface area contributed by atoms with E-state index in [0.717, 1.165) is 18.0 Å². The molecule has 0 bridgehead atoms. The molecule has 0 saturated carbocycles. The molecule has 0 amide bonds. The third-order valence-corrected chi connectivity index (χ3v) is 2.43. The molecule has 1 N–H and O–H groups in total. The Morgan fingerprint density at radius 3 is 3.07 bits per heavy atom. The SMILES string of the molecule is CCC(C)C1=NC(c2cnccn2)NO1. The first-order chi connectivity index (χ1) is 7.31. The van der Waals surface area contributed by atoms with Crippen molar-refractivity contribution < 1.29 is 4.84 Å². The van der Waals surface area contributed by atoms with Gasteiger partial charge in [0.05, 0.1) is 6.20 Å². The molecule has 2 atom stereocenters. The molecule has 2 rings (SSSR count). The zero-order valence-electron chi connectivity index (χ0n) is 8.84. The summed E-state index contributed by atoms with van der Waals surface area (Å²) >= 11 is 0. The second kappa shape index (κ2) is 4.35. The van der Waals surface area contributed by atoms with Crippen molar-refractivity contribution in [3.05, 3.63) is 24.3 Å². The predicted molar refractivity (Wildman–Crippen MR) is 55.9 cm³/mol. The molecule has 0 radical (unpaired) electrons. The lowest BCUT2D eigenvalue weighted by atomic mass is 10.1. The summed E-state index contributed by atoms with van der Waals surface area (Å²) in [6.07, 6.45) is 5.76. The lowest BCUT2D eigenvalue weighted by Crippen LogP contribution is -2.18. The van der Waals surface area contributed by atoms with Crippen molar-refractivity contribution in [2.45, 2.75) is 26.4 Å². The summed E-state index contributed by atoms with van der Waals surface area (Å²) in [6.45, 7) is 4.19. The van der Waals surface area contributed by atoms with Crippen LogP contribution in [0.4, 0.5) is 0 Å². The summed E-state index contributed by atoms with van der Waals surface area (Å²) < 4.78 is 0. The molecular formula is C10H14N4O. The van der Waals surface area contributed by atoms with Gasteiger partial charge in [-0.1, -0.05) is 13.8 Å². The van der Waals surface area contributed by atoms with Gasteiger partial charge in [-0.05, 0) is 6.42 Å². The fourth-order valence-electron chi connectivity index (χ4n) is 1.28. The van der Waals surface area contributed by atoms with Crippen LogP contribution in [0.2, 0.25) is 0 Å². The third-order valence-electron chi connectivity index (χ3n) is 2.43. The minimum atomic E-state index is -0.220. The van der Waals surface area contributed by atoms with Crippen molar-refractivity contribution in [3.8, 4) is 0 Å². The summed E-state index contributed by atoms with van der Waals surface area (Å²) in [7, 11) is 0. The van der Waals surface area contributed by atoms with E-state index in [1.807, 2.05) is 0 Å². The van der Waals surface area contributed by atoms with E-state index in [4.69, 9.17) is 4.84 Å². The maximum Gasteiger partial charge on any atom is 0.214 e. The summed E-state index contributed by atoms with van der Waals surface area (Å²) in [6, 6.07) is 0. The fraction of sp³-hybridized carbons (Fsp3) is 0.500. The van der Waals surface area contributed by atoms with E-state index in [1.54, 1.807) is 18.6 Å². The molecule has 5 heteroatoms. The average Bonchev–Trinajstić information content (AvgIpc) is 2.78. The Balaban J connectivity index is 2.12. The molecule has 15 heavy (non-hydrogen) atoms. The fourth-order valence-corrected chi connectivity index (χ4v) is 1.28. The van der Waals surface area contributed by atoms with E-state index in [0.29, 0.717) is 5.92 Å². The van der Waals surface area contributed by atoms with Gasteiger partial charge in [-0.3, -0.25) is 9.97 Å². The predicted octanol–water partition coefficient (Wildman–Crippen LogP) is 1.45. The van der Waals surface area contributed by atoms with Crippen molar-refractivity contribution in [1.82, 2.24) is 15.4 Å². The van der Waals surface area contributed by atoms with Gasteiger partial charge in [0.15, 0.2) is 6.17 Å². The molecule has 1 aromatic rings. The van der Waals surface area contributed by atoms with E-state index in [-0.39, 0.29) is 6.17 Å². The summed E-state index contributed by atoms with van der Waals surface area (Å²) in [5, 5.41) is 0. The summed E-state index contributed by atoms with van der Waals surface area (Å²) in [5.74, 6) is 1.08. The Kier molecular flexibility index (Phi) is 2.91. The number of nitrogens with one attached hydrogen (secondary N) is 1. The lowest BCUT2D eigenvalue weighted by Gasteiger charge is -2.05. The highest BCUT2D eigenvalue weighted by Gasteiger charge is 2.24. The molecule has 80 valence electrons. The van der Waals surface area contributed by atoms with E-state index >= 15 is 0 Å². The number of rotatable bonds is 3. The number of aliphatic imine (C=N–C) groups is 1. The van der Waals surface area contributed by atoms with Gasteiger partial charge in [0, 0.05) is 18.3 Å². The number of hydrogen-bond acceptors (Lipinski definition) is 5. The molecule has 5 nitrogen and oxygen atoms in total. The highest BCUT2D eigenvalue weighted by Crippen LogP contribution is 2.19. The Bertz CT molecular complexity index is 352. The van der Waals surface area contributed by atoms with Crippen LogP contribution in [0, 0.1) is 5.92 Å². The average molecular weight is 206 g/mol. The van der Waals surface area contributed by atoms with Crippen molar-refractivity contribution >= 4 is 5.90 Å². The first kappa shape index (κ1) is 10.0. The maximum absolute atomic E-state index is 5.30. The largest absolute Gasteiger partial charge is 0.391 e. The van der Waals surface area contributed by atoms with Crippen molar-refractivity contribution in [2.24, 2.45) is 10.9 Å². The molecular weight excluding hydrogens is 192 g/mol. The Labute approximate surface area is 88.6 Å². The molecule has 0 aromatic carbocycles.